The van der Waals surface area contributed by atoms with Crippen LogP contribution in [0.15, 0.2) is 0 Å². The molecule has 0 amide bonds. The largest absolute Gasteiger partial charge is 0.396 e. The van der Waals surface area contributed by atoms with Crippen molar-refractivity contribution in [3.63, 3.8) is 0 Å². The van der Waals surface area contributed by atoms with Crippen molar-refractivity contribution >= 4 is 0 Å². The lowest BCUT2D eigenvalue weighted by molar-refractivity contribution is 0.295. The van der Waals surface area contributed by atoms with E-state index in [0.717, 1.165) is 6.42 Å². The van der Waals surface area contributed by atoms with Gasteiger partial charge in [0, 0.05) is 6.61 Å². The van der Waals surface area contributed by atoms with Crippen LogP contribution in [0.2, 0.25) is 0 Å². The molecule has 0 atom stereocenters. The van der Waals surface area contributed by atoms with E-state index in [9.17, 15) is 0 Å². The smallest absolute Gasteiger partial charge is 0.0428 e. The molecule has 0 heterocycles. The van der Waals surface area contributed by atoms with Crippen molar-refractivity contribution in [3.05, 3.63) is 0 Å². The summed E-state index contributed by atoms with van der Waals surface area (Å²) in [5.41, 5.74) is 0. The van der Waals surface area contributed by atoms with Crippen molar-refractivity contribution in [2.75, 3.05) is 6.61 Å². The molecule has 66 valence electrons. The first-order valence-electron chi connectivity index (χ1n) is 4.44. The standard InChI is InChI=1S/C4H10.C3H8O.C2H6/c1-3-4-2;1-2-3-4;1-2/h3-4H2,1-2H3;4H,2-3H2,1H3;1-2H3. The summed E-state index contributed by atoms with van der Waals surface area (Å²) in [7, 11) is 0. The molecule has 1 heteroatoms. The SMILES string of the molecule is CC.CCCC.CCCO. The van der Waals surface area contributed by atoms with E-state index >= 15 is 0 Å². The predicted molar refractivity (Wildman–Crippen MR) is 49.3 cm³/mol. The highest BCUT2D eigenvalue weighted by atomic mass is 16.2. The molecular weight excluding hydrogens is 124 g/mol. The number of aliphatic hydroxyl groups is 1. The summed E-state index contributed by atoms with van der Waals surface area (Å²) in [6.45, 7) is 10.6. The molecule has 0 radical (unpaired) electrons. The minimum Gasteiger partial charge on any atom is -0.396 e. The van der Waals surface area contributed by atoms with E-state index in [0.29, 0.717) is 6.61 Å². The van der Waals surface area contributed by atoms with Gasteiger partial charge in [0.2, 0.25) is 0 Å². The van der Waals surface area contributed by atoms with Gasteiger partial charge in [0.25, 0.3) is 0 Å². The van der Waals surface area contributed by atoms with Crippen molar-refractivity contribution in [3.8, 4) is 0 Å². The highest BCUT2D eigenvalue weighted by Crippen LogP contribution is 1.76. The second-order valence-corrected chi connectivity index (χ2v) is 1.72. The Morgan fingerprint density at radius 2 is 1.00 bits per heavy atom. The number of hydrogen-bond acceptors (Lipinski definition) is 1. The molecule has 1 N–H and O–H groups in total. The first-order valence-corrected chi connectivity index (χ1v) is 4.44. The molecule has 0 aliphatic rings. The molecule has 0 bridgehead atoms. The zero-order valence-corrected chi connectivity index (χ0v) is 8.28. The third-order valence-electron chi connectivity index (χ3n) is 0.724. The number of unbranched alkanes of at least 4 members (excludes halogenated alkanes) is 1. The Kier molecular flexibility index (Phi) is 59.8. The van der Waals surface area contributed by atoms with Gasteiger partial charge in [0.1, 0.15) is 0 Å². The topological polar surface area (TPSA) is 20.2 Å². The van der Waals surface area contributed by atoms with Gasteiger partial charge in [-0.25, -0.2) is 0 Å². The van der Waals surface area contributed by atoms with Crippen molar-refractivity contribution in [2.24, 2.45) is 0 Å². The molecule has 0 fully saturated rings. The van der Waals surface area contributed by atoms with Crippen LogP contribution in [0.1, 0.15) is 53.9 Å². The number of rotatable bonds is 2. The predicted octanol–water partition coefficient (Wildman–Crippen LogP) is 3.22. The first kappa shape index (κ1) is 16.5. The fraction of sp³-hybridized carbons (Fsp3) is 1.00. The first-order chi connectivity index (χ1) is 4.83. The molecule has 0 aliphatic carbocycles. The van der Waals surface area contributed by atoms with Crippen LogP contribution in [0.3, 0.4) is 0 Å². The van der Waals surface area contributed by atoms with Crippen LogP contribution in [0.25, 0.3) is 0 Å². The highest BCUT2D eigenvalue weighted by Gasteiger charge is 1.57. The summed E-state index contributed by atoms with van der Waals surface area (Å²) in [5.74, 6) is 0. The fourth-order valence-corrected chi connectivity index (χ4v) is 0. The minimum atomic E-state index is 0.319. The monoisotopic (exact) mass is 148 g/mol. The van der Waals surface area contributed by atoms with Crippen LogP contribution in [-0.2, 0) is 0 Å². The van der Waals surface area contributed by atoms with Gasteiger partial charge in [0.15, 0.2) is 0 Å². The van der Waals surface area contributed by atoms with Gasteiger partial charge in [0.05, 0.1) is 0 Å². The van der Waals surface area contributed by atoms with Crippen molar-refractivity contribution in [1.82, 2.24) is 0 Å². The molecule has 0 saturated carbocycles. The summed E-state index contributed by atoms with van der Waals surface area (Å²) in [4.78, 5) is 0. The van der Waals surface area contributed by atoms with E-state index in [2.05, 4.69) is 13.8 Å². The molecule has 0 aromatic rings. The Bertz CT molecular complexity index is 12.7. The van der Waals surface area contributed by atoms with Crippen molar-refractivity contribution in [2.45, 2.75) is 53.9 Å². The Morgan fingerprint density at radius 3 is 1.00 bits per heavy atom. The third-order valence-corrected chi connectivity index (χ3v) is 0.724. The van der Waals surface area contributed by atoms with E-state index < -0.39 is 0 Å². The van der Waals surface area contributed by atoms with Gasteiger partial charge in [-0.3, -0.25) is 0 Å². The Hall–Kier alpha value is -0.0400. The summed E-state index contributed by atoms with van der Waals surface area (Å²) in [6, 6.07) is 0. The summed E-state index contributed by atoms with van der Waals surface area (Å²) >= 11 is 0. The van der Waals surface area contributed by atoms with Gasteiger partial charge < -0.3 is 5.11 Å². The maximum atomic E-state index is 7.88. The van der Waals surface area contributed by atoms with E-state index in [4.69, 9.17) is 5.11 Å². The molecule has 0 aromatic heterocycles. The molecule has 0 rings (SSSR count). The maximum Gasteiger partial charge on any atom is 0.0428 e. The van der Waals surface area contributed by atoms with Crippen LogP contribution >= 0.6 is 0 Å². The molecule has 0 unspecified atom stereocenters. The van der Waals surface area contributed by atoms with Crippen molar-refractivity contribution in [1.29, 1.82) is 0 Å². The van der Waals surface area contributed by atoms with Crippen LogP contribution in [-0.4, -0.2) is 11.7 Å². The number of hydrogen-bond donors (Lipinski definition) is 1. The molecule has 0 saturated heterocycles. The Morgan fingerprint density at radius 1 is 0.800 bits per heavy atom. The zero-order chi connectivity index (χ0) is 8.83. The molecule has 1 nitrogen and oxygen atoms in total. The normalized spacial score (nSPS) is 6.60. The number of aliphatic hydroxyl groups excluding tert-OH is 1. The van der Waals surface area contributed by atoms with E-state index in [1.54, 1.807) is 0 Å². The maximum absolute atomic E-state index is 7.88. The second kappa shape index (κ2) is 36.2. The average molecular weight is 148 g/mol. The Balaban J connectivity index is -0.0000000787. The van der Waals surface area contributed by atoms with Gasteiger partial charge in [-0.15, -0.1) is 0 Å². The molecule has 0 aromatic carbocycles. The quantitative estimate of drug-likeness (QED) is 0.637. The van der Waals surface area contributed by atoms with Crippen LogP contribution < -0.4 is 0 Å². The zero-order valence-electron chi connectivity index (χ0n) is 8.28. The lowest BCUT2D eigenvalue weighted by atomic mass is 10.4. The van der Waals surface area contributed by atoms with Crippen molar-refractivity contribution < 1.29 is 5.11 Å². The third kappa shape index (κ3) is 100. The van der Waals surface area contributed by atoms with Crippen LogP contribution in [0.5, 0.6) is 0 Å². The van der Waals surface area contributed by atoms with Gasteiger partial charge >= 0.3 is 0 Å². The van der Waals surface area contributed by atoms with Gasteiger partial charge in [-0.05, 0) is 6.42 Å². The fourth-order valence-electron chi connectivity index (χ4n) is 0. The molecule has 10 heavy (non-hydrogen) atoms. The second-order valence-electron chi connectivity index (χ2n) is 1.72. The lowest BCUT2D eigenvalue weighted by Crippen LogP contribution is -1.69. The molecule has 0 aliphatic heterocycles. The van der Waals surface area contributed by atoms with Gasteiger partial charge in [-0.2, -0.15) is 0 Å². The summed E-state index contributed by atoms with van der Waals surface area (Å²) < 4.78 is 0. The van der Waals surface area contributed by atoms with Crippen LogP contribution in [0, 0.1) is 0 Å². The van der Waals surface area contributed by atoms with Crippen LogP contribution in [0.4, 0.5) is 0 Å². The van der Waals surface area contributed by atoms with E-state index in [1.807, 2.05) is 20.8 Å². The van der Waals surface area contributed by atoms with E-state index in [-0.39, 0.29) is 0 Å². The van der Waals surface area contributed by atoms with Gasteiger partial charge in [-0.1, -0.05) is 47.5 Å². The molecular formula is C9H24O. The highest BCUT2D eigenvalue weighted by molar-refractivity contribution is 4.12. The Labute approximate surface area is 66.5 Å². The average Bonchev–Trinajstić information content (AvgIpc) is 2.08. The minimum absolute atomic E-state index is 0.319. The molecule has 0 spiro atoms. The summed E-state index contributed by atoms with van der Waals surface area (Å²) in [6.07, 6.45) is 3.51. The summed E-state index contributed by atoms with van der Waals surface area (Å²) in [5, 5.41) is 7.88. The lowest BCUT2D eigenvalue weighted by Gasteiger charge is -1.69. The van der Waals surface area contributed by atoms with E-state index in [1.165, 1.54) is 12.8 Å².